The molecule has 0 fully saturated rings. The fourth-order valence-electron chi connectivity index (χ4n) is 4.46. The molecule has 0 aromatic carbocycles. The van der Waals surface area contributed by atoms with Gasteiger partial charge < -0.3 is 14.6 Å². The molecule has 1 rings (SSSR count). The Labute approximate surface area is 205 Å². The summed E-state index contributed by atoms with van der Waals surface area (Å²) in [6.07, 6.45) is 22.4. The Kier molecular flexibility index (Phi) is 15.7. The Morgan fingerprint density at radius 3 is 2.26 bits per heavy atom. The highest BCUT2D eigenvalue weighted by molar-refractivity contribution is 5.67. The van der Waals surface area contributed by atoms with Crippen LogP contribution in [0.5, 0.6) is 0 Å². The third kappa shape index (κ3) is 14.0. The highest BCUT2D eigenvalue weighted by atomic mass is 16.5. The molecule has 6 heteroatoms. The lowest BCUT2D eigenvalue weighted by molar-refractivity contribution is -0.150. The lowest BCUT2D eigenvalue weighted by Gasteiger charge is -2.33. The van der Waals surface area contributed by atoms with E-state index in [1.165, 1.54) is 39.5 Å². The van der Waals surface area contributed by atoms with E-state index in [2.05, 4.69) is 25.2 Å². The molecule has 0 spiro atoms. The summed E-state index contributed by atoms with van der Waals surface area (Å²) in [5, 5.41) is 8.95. The summed E-state index contributed by atoms with van der Waals surface area (Å²) in [5.74, 6) is -1.15. The molecule has 6 nitrogen and oxygen atoms in total. The number of ether oxygens (including phenoxy) is 2. The van der Waals surface area contributed by atoms with Gasteiger partial charge in [-0.2, -0.15) is 0 Å². The van der Waals surface area contributed by atoms with E-state index in [0.717, 1.165) is 32.1 Å². The molecule has 0 aliphatic heterocycles. The largest absolute Gasteiger partial charge is 0.481 e. The number of carbonyl (C=O) groups is 3. The van der Waals surface area contributed by atoms with E-state index >= 15 is 0 Å². The zero-order valence-electron chi connectivity index (χ0n) is 21.2. The van der Waals surface area contributed by atoms with Gasteiger partial charge in [-0.15, -0.1) is 0 Å². The first-order valence-corrected chi connectivity index (χ1v) is 12.9. The predicted octanol–water partition coefficient (Wildman–Crippen LogP) is 6.55. The van der Waals surface area contributed by atoms with Crippen LogP contribution in [0.25, 0.3) is 0 Å². The van der Waals surface area contributed by atoms with Gasteiger partial charge in [0, 0.05) is 26.2 Å². The van der Waals surface area contributed by atoms with Crippen LogP contribution < -0.4 is 0 Å². The van der Waals surface area contributed by atoms with Crippen LogP contribution in [0.3, 0.4) is 0 Å². The number of esters is 2. The predicted molar refractivity (Wildman–Crippen MR) is 134 cm³/mol. The van der Waals surface area contributed by atoms with Crippen LogP contribution in [0.2, 0.25) is 0 Å². The second-order valence-electron chi connectivity index (χ2n) is 9.18. The Bertz CT molecular complexity index is 693. The second-order valence-corrected chi connectivity index (χ2v) is 9.18. The first-order chi connectivity index (χ1) is 16.3. The van der Waals surface area contributed by atoms with Crippen molar-refractivity contribution in [3.63, 3.8) is 0 Å². The molecule has 1 N–H and O–H groups in total. The number of hydrogen-bond acceptors (Lipinski definition) is 5. The van der Waals surface area contributed by atoms with Crippen molar-refractivity contribution in [1.29, 1.82) is 0 Å². The number of unbranched alkanes of at least 4 members (excludes halogenated alkanes) is 5. The number of allylic oxidation sites excluding steroid dienone is 5. The molecule has 0 saturated heterocycles. The topological polar surface area (TPSA) is 89.9 Å². The normalized spacial score (nSPS) is 19.9. The molecule has 0 aromatic rings. The fourth-order valence-corrected chi connectivity index (χ4v) is 4.46. The zero-order valence-corrected chi connectivity index (χ0v) is 21.2. The number of rotatable bonds is 17. The average Bonchev–Trinajstić information content (AvgIpc) is 2.77. The molecule has 0 radical (unpaired) electrons. The van der Waals surface area contributed by atoms with E-state index in [0.29, 0.717) is 12.8 Å². The van der Waals surface area contributed by atoms with Gasteiger partial charge >= 0.3 is 17.9 Å². The number of aliphatic carboxylic acids is 1. The van der Waals surface area contributed by atoms with Gasteiger partial charge in [-0.25, -0.2) is 0 Å². The van der Waals surface area contributed by atoms with Crippen LogP contribution in [-0.2, 0) is 23.9 Å². The van der Waals surface area contributed by atoms with Crippen LogP contribution in [0.1, 0.15) is 97.8 Å². The lowest BCUT2D eigenvalue weighted by Crippen LogP contribution is -2.32. The van der Waals surface area contributed by atoms with Gasteiger partial charge in [-0.1, -0.05) is 69.4 Å². The molecule has 34 heavy (non-hydrogen) atoms. The zero-order chi connectivity index (χ0) is 25.2. The second kappa shape index (κ2) is 18.0. The maximum atomic E-state index is 11.7. The fraction of sp³-hybridized carbons (Fsp3) is 0.679. The highest BCUT2D eigenvalue weighted by Gasteiger charge is 2.30. The molecule has 0 saturated carbocycles. The Hall–Kier alpha value is -2.37. The molecule has 192 valence electrons. The summed E-state index contributed by atoms with van der Waals surface area (Å²) < 4.78 is 11.1. The number of carboxylic acids is 1. The molecule has 0 heterocycles. The van der Waals surface area contributed by atoms with Crippen molar-refractivity contribution in [2.24, 2.45) is 11.8 Å². The summed E-state index contributed by atoms with van der Waals surface area (Å²) in [6.45, 7) is 5.04. The van der Waals surface area contributed by atoms with Gasteiger partial charge in [0.2, 0.25) is 0 Å². The summed E-state index contributed by atoms with van der Waals surface area (Å²) in [5.41, 5.74) is 0. The quantitative estimate of drug-likeness (QED) is 0.111. The minimum Gasteiger partial charge on any atom is -0.481 e. The minimum atomic E-state index is -0.838. The van der Waals surface area contributed by atoms with Crippen LogP contribution in [-0.4, -0.2) is 35.2 Å². The van der Waals surface area contributed by atoms with Crippen LogP contribution in [0.15, 0.2) is 36.5 Å². The summed E-state index contributed by atoms with van der Waals surface area (Å²) >= 11 is 0. The molecular formula is C28H44O6. The van der Waals surface area contributed by atoms with Gasteiger partial charge in [0.15, 0.2) is 0 Å². The third-order valence-electron chi connectivity index (χ3n) is 6.16. The SMILES string of the molecule is CCCCCCCCC(C=CC=C[C@@H]1CC=CC[C@H]1C(CCCC(=O)O)OC(C)=O)OC(C)=O. The average molecular weight is 477 g/mol. The van der Waals surface area contributed by atoms with Gasteiger partial charge in [-0.3, -0.25) is 14.4 Å². The standard InChI is InChI=1S/C28H44O6/c1-4-5-6-7-8-9-17-25(33-22(2)29)18-12-10-15-24-16-11-13-19-26(24)27(34-23(3)30)20-14-21-28(31)32/h10-13,15,18,24-27H,4-9,14,16-17,19-21H2,1-3H3,(H,31,32)/t24-,25?,26-,27?/m1/s1. The van der Waals surface area contributed by atoms with Crippen molar-refractivity contribution in [2.75, 3.05) is 0 Å². The minimum absolute atomic E-state index is 0.0692. The molecular weight excluding hydrogens is 432 g/mol. The first-order valence-electron chi connectivity index (χ1n) is 12.9. The van der Waals surface area contributed by atoms with Gasteiger partial charge in [-0.05, 0) is 50.5 Å². The van der Waals surface area contributed by atoms with Crippen molar-refractivity contribution >= 4 is 17.9 Å². The van der Waals surface area contributed by atoms with E-state index in [4.69, 9.17) is 14.6 Å². The van der Waals surface area contributed by atoms with Crippen molar-refractivity contribution in [1.82, 2.24) is 0 Å². The van der Waals surface area contributed by atoms with Crippen LogP contribution in [0, 0.1) is 11.8 Å². The van der Waals surface area contributed by atoms with E-state index in [1.54, 1.807) is 0 Å². The van der Waals surface area contributed by atoms with Crippen molar-refractivity contribution in [3.8, 4) is 0 Å². The molecule has 1 aliphatic carbocycles. The van der Waals surface area contributed by atoms with Gasteiger partial charge in [0.05, 0.1) is 0 Å². The van der Waals surface area contributed by atoms with Crippen LogP contribution in [0.4, 0.5) is 0 Å². The molecule has 0 amide bonds. The molecule has 2 unspecified atom stereocenters. The molecule has 0 aromatic heterocycles. The van der Waals surface area contributed by atoms with E-state index < -0.39 is 5.97 Å². The summed E-state index contributed by atoms with van der Waals surface area (Å²) in [7, 11) is 0. The lowest BCUT2D eigenvalue weighted by atomic mass is 9.78. The third-order valence-corrected chi connectivity index (χ3v) is 6.16. The number of hydrogen-bond donors (Lipinski definition) is 1. The Morgan fingerprint density at radius 1 is 0.912 bits per heavy atom. The Balaban J connectivity index is 2.70. The number of carboxylic acid groups (broad SMARTS) is 1. The van der Waals surface area contributed by atoms with Gasteiger partial charge in [0.25, 0.3) is 0 Å². The number of carbonyl (C=O) groups excluding carboxylic acids is 2. The van der Waals surface area contributed by atoms with Gasteiger partial charge in [0.1, 0.15) is 12.2 Å². The van der Waals surface area contributed by atoms with Crippen molar-refractivity contribution in [2.45, 2.75) is 110 Å². The Morgan fingerprint density at radius 2 is 1.59 bits per heavy atom. The van der Waals surface area contributed by atoms with E-state index in [9.17, 15) is 14.4 Å². The smallest absolute Gasteiger partial charge is 0.303 e. The van der Waals surface area contributed by atoms with E-state index in [-0.39, 0.29) is 42.4 Å². The molecule has 4 atom stereocenters. The molecule has 0 bridgehead atoms. The maximum Gasteiger partial charge on any atom is 0.303 e. The first kappa shape index (κ1) is 29.7. The van der Waals surface area contributed by atoms with E-state index in [1.807, 2.05) is 18.2 Å². The van der Waals surface area contributed by atoms with Crippen LogP contribution >= 0.6 is 0 Å². The molecule has 1 aliphatic rings. The summed E-state index contributed by atoms with van der Waals surface area (Å²) in [4.78, 5) is 34.0. The summed E-state index contributed by atoms with van der Waals surface area (Å²) in [6, 6.07) is 0. The van der Waals surface area contributed by atoms with Crippen molar-refractivity contribution in [3.05, 3.63) is 36.5 Å². The maximum absolute atomic E-state index is 11.7. The monoisotopic (exact) mass is 476 g/mol. The van der Waals surface area contributed by atoms with Crippen molar-refractivity contribution < 1.29 is 29.0 Å². The highest BCUT2D eigenvalue weighted by Crippen LogP contribution is 2.33.